The summed E-state index contributed by atoms with van der Waals surface area (Å²) in [6.07, 6.45) is 1.74. The van der Waals surface area contributed by atoms with Crippen LogP contribution in [0.15, 0.2) is 29.4 Å². The van der Waals surface area contributed by atoms with Crippen molar-refractivity contribution in [2.24, 2.45) is 16.6 Å². The summed E-state index contributed by atoms with van der Waals surface area (Å²) in [4.78, 5) is 0. The minimum atomic E-state index is 0.0186. The summed E-state index contributed by atoms with van der Waals surface area (Å²) >= 11 is 0. The highest BCUT2D eigenvalue weighted by molar-refractivity contribution is 5.76. The normalized spacial score (nSPS) is 10.9. The van der Waals surface area contributed by atoms with E-state index in [9.17, 15) is 0 Å². The van der Waals surface area contributed by atoms with E-state index in [2.05, 4.69) is 36.2 Å². The van der Waals surface area contributed by atoms with Crippen LogP contribution in [0.1, 0.15) is 30.9 Å². The van der Waals surface area contributed by atoms with Crippen LogP contribution in [0.2, 0.25) is 0 Å². The third-order valence-electron chi connectivity index (χ3n) is 2.03. The summed E-state index contributed by atoms with van der Waals surface area (Å²) in [7, 11) is 0. The highest BCUT2D eigenvalue weighted by atomic mass is 15.3. The Hall–Kier alpha value is -1.84. The summed E-state index contributed by atoms with van der Waals surface area (Å²) < 4.78 is 0. The van der Waals surface area contributed by atoms with Gasteiger partial charge in [-0.05, 0) is 23.6 Å². The Labute approximate surface area is 89.7 Å². The van der Waals surface area contributed by atoms with Crippen LogP contribution in [-0.2, 0) is 0 Å². The maximum Gasteiger partial charge on any atom is 0.256 e. The molecule has 0 heterocycles. The number of hydrogen-bond acceptors (Lipinski definition) is 1. The molecule has 0 unspecified atom stereocenters. The van der Waals surface area contributed by atoms with Gasteiger partial charge in [0, 0.05) is 10.7 Å². The van der Waals surface area contributed by atoms with Crippen molar-refractivity contribution >= 4 is 12.2 Å². The predicted octanol–water partition coefficient (Wildman–Crippen LogP) is -0.502. The van der Waals surface area contributed by atoms with Crippen LogP contribution in [0, 0.1) is 0 Å². The van der Waals surface area contributed by atoms with Gasteiger partial charge in [0.15, 0.2) is 0 Å². The Morgan fingerprint density at radius 3 is 2.33 bits per heavy atom. The van der Waals surface area contributed by atoms with Gasteiger partial charge in [-0.2, -0.15) is 0 Å². The molecular weight excluding hydrogens is 188 g/mol. The second-order valence-electron chi connectivity index (χ2n) is 3.63. The van der Waals surface area contributed by atoms with Crippen molar-refractivity contribution < 1.29 is 5.10 Å². The first-order chi connectivity index (χ1) is 7.09. The van der Waals surface area contributed by atoms with E-state index < -0.39 is 0 Å². The molecule has 4 heteroatoms. The van der Waals surface area contributed by atoms with E-state index in [1.807, 2.05) is 12.1 Å². The third-order valence-corrected chi connectivity index (χ3v) is 2.03. The summed E-state index contributed by atoms with van der Waals surface area (Å²) in [6, 6.07) is 8.22. The van der Waals surface area contributed by atoms with Gasteiger partial charge in [0.1, 0.15) is 0 Å². The first-order valence-electron chi connectivity index (χ1n) is 4.87. The highest BCUT2D eigenvalue weighted by Crippen LogP contribution is 2.13. The predicted molar refractivity (Wildman–Crippen MR) is 62.5 cm³/mol. The number of rotatable bonds is 3. The van der Waals surface area contributed by atoms with E-state index in [0.717, 1.165) is 5.56 Å². The van der Waals surface area contributed by atoms with Crippen molar-refractivity contribution in [3.63, 3.8) is 0 Å². The number of nitrogens with one attached hydrogen (secondary N) is 1. The van der Waals surface area contributed by atoms with Crippen LogP contribution in [0.5, 0.6) is 0 Å². The molecule has 1 rings (SSSR count). The minimum Gasteiger partial charge on any atom is -0.365 e. The molecule has 0 fully saturated rings. The van der Waals surface area contributed by atoms with E-state index in [-0.39, 0.29) is 5.96 Å². The molecule has 5 N–H and O–H groups in total. The summed E-state index contributed by atoms with van der Waals surface area (Å²) in [5, 5.41) is 6.31. The molecule has 1 aromatic carbocycles. The second-order valence-corrected chi connectivity index (χ2v) is 3.63. The summed E-state index contributed by atoms with van der Waals surface area (Å²) in [5.74, 6) is 0.565. The Kier molecular flexibility index (Phi) is 3.85. The molecule has 0 radical (unpaired) electrons. The Morgan fingerprint density at radius 2 is 1.87 bits per heavy atom. The highest BCUT2D eigenvalue weighted by Gasteiger charge is 1.98. The molecule has 0 saturated carbocycles. The second kappa shape index (κ2) is 5.14. The van der Waals surface area contributed by atoms with Gasteiger partial charge in [-0.25, -0.2) is 0 Å². The molecule has 1 aromatic rings. The molecule has 0 spiro atoms. The molecule has 0 aliphatic carbocycles. The molecule has 0 atom stereocenters. The average Bonchev–Trinajstić information content (AvgIpc) is 2.18. The number of nitrogens with zero attached hydrogens (tertiary/aromatic N) is 1. The fourth-order valence-corrected chi connectivity index (χ4v) is 1.16. The fraction of sp³-hybridized carbons (Fsp3) is 0.273. The number of hydrogen-bond donors (Lipinski definition) is 3. The van der Waals surface area contributed by atoms with Gasteiger partial charge in [0.25, 0.3) is 5.96 Å². The van der Waals surface area contributed by atoms with Crippen LogP contribution in [0.4, 0.5) is 0 Å². The van der Waals surface area contributed by atoms with Crippen molar-refractivity contribution in [2.75, 3.05) is 0 Å². The Morgan fingerprint density at radius 1 is 1.27 bits per heavy atom. The monoisotopic (exact) mass is 205 g/mol. The summed E-state index contributed by atoms with van der Waals surface area (Å²) in [5.41, 5.74) is 12.7. The number of nitrogens with two attached hydrogens (primary N) is 2. The zero-order valence-corrected chi connectivity index (χ0v) is 9.07. The molecule has 0 aromatic heterocycles. The van der Waals surface area contributed by atoms with Crippen molar-refractivity contribution in [3.8, 4) is 0 Å². The van der Waals surface area contributed by atoms with Crippen LogP contribution in [0.25, 0.3) is 0 Å². The van der Waals surface area contributed by atoms with Crippen molar-refractivity contribution in [1.29, 1.82) is 0 Å². The lowest BCUT2D eigenvalue weighted by molar-refractivity contribution is -0.456. The van der Waals surface area contributed by atoms with Gasteiger partial charge in [-0.3, -0.25) is 0 Å². The lowest BCUT2D eigenvalue weighted by Crippen LogP contribution is -2.63. The van der Waals surface area contributed by atoms with E-state index >= 15 is 0 Å². The molecule has 0 saturated heterocycles. The van der Waals surface area contributed by atoms with Gasteiger partial charge in [-0.15, -0.1) is 5.10 Å². The van der Waals surface area contributed by atoms with Crippen LogP contribution in [-0.4, -0.2) is 12.2 Å². The maximum atomic E-state index is 5.17. The molecule has 0 aliphatic heterocycles. The van der Waals surface area contributed by atoms with Crippen LogP contribution >= 0.6 is 0 Å². The van der Waals surface area contributed by atoms with Crippen LogP contribution in [0.3, 0.4) is 0 Å². The fourth-order valence-electron chi connectivity index (χ4n) is 1.16. The van der Waals surface area contributed by atoms with Gasteiger partial charge < -0.3 is 11.5 Å². The standard InChI is InChI=1S/C11H16N4/c1-8(2)10-5-3-9(4-6-10)7-14-15-11(12)13/h3-8H,1-2H3,(H4,12,13,15)/p+1/b14-7+. The van der Waals surface area contributed by atoms with Crippen molar-refractivity contribution in [3.05, 3.63) is 35.4 Å². The zero-order valence-electron chi connectivity index (χ0n) is 9.07. The van der Waals surface area contributed by atoms with Gasteiger partial charge in [0.2, 0.25) is 6.21 Å². The average molecular weight is 205 g/mol. The smallest absolute Gasteiger partial charge is 0.256 e. The SMILES string of the molecule is CC(C)c1ccc(/C=[NH+]/N=C(N)N)cc1. The molecule has 0 amide bonds. The zero-order chi connectivity index (χ0) is 11.3. The molecule has 15 heavy (non-hydrogen) atoms. The largest absolute Gasteiger partial charge is 0.365 e. The van der Waals surface area contributed by atoms with E-state index in [1.54, 1.807) is 6.21 Å². The van der Waals surface area contributed by atoms with Crippen molar-refractivity contribution in [2.45, 2.75) is 19.8 Å². The van der Waals surface area contributed by atoms with Crippen molar-refractivity contribution in [1.82, 2.24) is 0 Å². The Balaban J connectivity index is 2.73. The number of guanidine groups is 1. The first kappa shape index (κ1) is 11.2. The van der Waals surface area contributed by atoms with Gasteiger partial charge >= 0.3 is 0 Å². The first-order valence-corrected chi connectivity index (χ1v) is 4.87. The topological polar surface area (TPSA) is 78.4 Å². The van der Waals surface area contributed by atoms with Gasteiger partial charge in [-0.1, -0.05) is 26.0 Å². The molecular formula is C11H17N4+. The van der Waals surface area contributed by atoms with E-state index in [1.165, 1.54) is 5.56 Å². The van der Waals surface area contributed by atoms with Crippen LogP contribution < -0.4 is 16.6 Å². The molecule has 0 bridgehead atoms. The lowest BCUT2D eigenvalue weighted by atomic mass is 10.0. The molecule has 0 aliphatic rings. The number of hydrazone groups is 1. The lowest BCUT2D eigenvalue weighted by Gasteiger charge is -2.03. The molecule has 4 nitrogen and oxygen atoms in total. The Bertz CT molecular complexity index is 359. The quantitative estimate of drug-likeness (QED) is 0.353. The van der Waals surface area contributed by atoms with Gasteiger partial charge in [0.05, 0.1) is 0 Å². The maximum absolute atomic E-state index is 5.17. The summed E-state index contributed by atoms with van der Waals surface area (Å²) in [6.45, 7) is 4.33. The van der Waals surface area contributed by atoms with E-state index in [0.29, 0.717) is 5.92 Å². The van der Waals surface area contributed by atoms with E-state index in [4.69, 9.17) is 11.5 Å². The minimum absolute atomic E-state index is 0.0186. The number of benzene rings is 1. The third kappa shape index (κ3) is 3.81. The molecule has 80 valence electrons.